The van der Waals surface area contributed by atoms with E-state index in [4.69, 9.17) is 9.47 Å². The molecule has 152 valence electrons. The molecule has 1 N–H and O–H groups in total. The van der Waals surface area contributed by atoms with Gasteiger partial charge in [0.25, 0.3) is 5.91 Å². The van der Waals surface area contributed by atoms with Crippen molar-refractivity contribution in [2.45, 2.75) is 45.3 Å². The molecule has 0 aromatic heterocycles. The molecule has 6 heteroatoms. The maximum atomic E-state index is 12.4. The fraction of sp³-hybridized carbons (Fsp3) is 0.348. The van der Waals surface area contributed by atoms with Crippen molar-refractivity contribution < 1.29 is 23.9 Å². The van der Waals surface area contributed by atoms with Crippen LogP contribution in [0.15, 0.2) is 48.5 Å². The largest absolute Gasteiger partial charge is 0.454 e. The van der Waals surface area contributed by atoms with Crippen LogP contribution in [0.25, 0.3) is 0 Å². The second kappa shape index (κ2) is 8.47. The minimum absolute atomic E-state index is 0.299. The molecule has 2 aromatic rings. The first-order valence-corrected chi connectivity index (χ1v) is 9.66. The van der Waals surface area contributed by atoms with E-state index in [2.05, 4.69) is 5.32 Å². The van der Waals surface area contributed by atoms with Gasteiger partial charge in [0, 0.05) is 12.0 Å². The molecule has 0 saturated heterocycles. The maximum Gasteiger partial charge on any atom is 0.339 e. The van der Waals surface area contributed by atoms with Crippen LogP contribution in [0.1, 0.15) is 65.1 Å². The number of carbonyl (C=O) groups is 3. The molecule has 1 amide bonds. The standard InChI is InChI=1S/C23H25NO5/c1-4-23(2,3)24-20(25)14-28-21(26)16-10-11-18-17(12-16)13-19(29-22(18)27)15-8-6-5-7-9-15/h5-12,19H,4,13-14H2,1-3H3,(H,24,25)/t19-/m1/s1. The summed E-state index contributed by atoms with van der Waals surface area (Å²) in [5.41, 5.74) is 2.00. The number of esters is 2. The van der Waals surface area contributed by atoms with Crippen LogP contribution in [0, 0.1) is 0 Å². The monoisotopic (exact) mass is 395 g/mol. The third kappa shape index (κ3) is 5.02. The first kappa shape index (κ1) is 20.6. The number of benzene rings is 2. The molecular weight excluding hydrogens is 370 g/mol. The molecule has 1 heterocycles. The van der Waals surface area contributed by atoms with Crippen molar-refractivity contribution in [3.05, 3.63) is 70.8 Å². The molecule has 0 aliphatic carbocycles. The quantitative estimate of drug-likeness (QED) is 0.756. The van der Waals surface area contributed by atoms with Crippen molar-refractivity contribution in [2.75, 3.05) is 6.61 Å². The number of amides is 1. The Morgan fingerprint density at radius 2 is 1.90 bits per heavy atom. The highest BCUT2D eigenvalue weighted by molar-refractivity contribution is 5.96. The number of rotatable bonds is 6. The Balaban J connectivity index is 1.69. The van der Waals surface area contributed by atoms with E-state index in [0.29, 0.717) is 17.5 Å². The van der Waals surface area contributed by atoms with E-state index in [1.165, 1.54) is 6.07 Å². The third-order valence-corrected chi connectivity index (χ3v) is 5.08. The molecular formula is C23H25NO5. The lowest BCUT2D eigenvalue weighted by Crippen LogP contribution is -2.44. The van der Waals surface area contributed by atoms with Gasteiger partial charge in [0.15, 0.2) is 6.61 Å². The topological polar surface area (TPSA) is 81.7 Å². The normalized spacial score (nSPS) is 15.8. The molecule has 0 bridgehead atoms. The summed E-state index contributed by atoms with van der Waals surface area (Å²) in [6.07, 6.45) is 0.831. The summed E-state index contributed by atoms with van der Waals surface area (Å²) >= 11 is 0. The van der Waals surface area contributed by atoms with Crippen molar-refractivity contribution in [3.63, 3.8) is 0 Å². The van der Waals surface area contributed by atoms with Crippen molar-refractivity contribution in [2.24, 2.45) is 0 Å². The lowest BCUT2D eigenvalue weighted by atomic mass is 9.93. The van der Waals surface area contributed by atoms with Gasteiger partial charge in [-0.1, -0.05) is 37.3 Å². The zero-order valence-corrected chi connectivity index (χ0v) is 16.9. The summed E-state index contributed by atoms with van der Waals surface area (Å²) in [5.74, 6) is -1.37. The second-order valence-corrected chi connectivity index (χ2v) is 7.74. The molecule has 2 aromatic carbocycles. The summed E-state index contributed by atoms with van der Waals surface area (Å²) in [4.78, 5) is 36.7. The zero-order valence-electron chi connectivity index (χ0n) is 16.9. The Morgan fingerprint density at radius 1 is 1.17 bits per heavy atom. The minimum Gasteiger partial charge on any atom is -0.454 e. The number of nitrogens with one attached hydrogen (secondary N) is 1. The molecule has 6 nitrogen and oxygen atoms in total. The van der Waals surface area contributed by atoms with E-state index in [1.54, 1.807) is 12.1 Å². The van der Waals surface area contributed by atoms with Crippen LogP contribution in [-0.4, -0.2) is 30.0 Å². The molecule has 0 radical (unpaired) electrons. The number of cyclic esters (lactones) is 1. The predicted molar refractivity (Wildman–Crippen MR) is 108 cm³/mol. The molecule has 1 aliphatic rings. The average molecular weight is 395 g/mol. The fourth-order valence-electron chi connectivity index (χ4n) is 3.09. The van der Waals surface area contributed by atoms with Crippen LogP contribution in [0.3, 0.4) is 0 Å². The Hall–Kier alpha value is -3.15. The predicted octanol–water partition coefficient (Wildman–Crippen LogP) is 3.60. The molecule has 0 fully saturated rings. The van der Waals surface area contributed by atoms with Gasteiger partial charge in [-0.2, -0.15) is 0 Å². The van der Waals surface area contributed by atoms with Crippen molar-refractivity contribution in [3.8, 4) is 0 Å². The van der Waals surface area contributed by atoms with Crippen LogP contribution in [0.5, 0.6) is 0 Å². The van der Waals surface area contributed by atoms with Gasteiger partial charge in [-0.3, -0.25) is 4.79 Å². The fourth-order valence-corrected chi connectivity index (χ4v) is 3.09. The summed E-state index contributed by atoms with van der Waals surface area (Å²) in [6, 6.07) is 14.2. The van der Waals surface area contributed by atoms with E-state index >= 15 is 0 Å². The molecule has 0 unspecified atom stereocenters. The molecule has 3 rings (SSSR count). The van der Waals surface area contributed by atoms with Crippen LogP contribution in [0.2, 0.25) is 0 Å². The van der Waals surface area contributed by atoms with E-state index in [0.717, 1.165) is 17.5 Å². The summed E-state index contributed by atoms with van der Waals surface area (Å²) in [6.45, 7) is 5.41. The van der Waals surface area contributed by atoms with E-state index in [-0.39, 0.29) is 18.1 Å². The molecule has 0 saturated carbocycles. The highest BCUT2D eigenvalue weighted by atomic mass is 16.5. The Labute approximate surface area is 170 Å². The number of hydrogen-bond acceptors (Lipinski definition) is 5. The lowest BCUT2D eigenvalue weighted by Gasteiger charge is -2.25. The van der Waals surface area contributed by atoms with Crippen LogP contribution in [0.4, 0.5) is 0 Å². The highest BCUT2D eigenvalue weighted by Gasteiger charge is 2.28. The Morgan fingerprint density at radius 3 is 2.59 bits per heavy atom. The number of hydrogen-bond donors (Lipinski definition) is 1. The SMILES string of the molecule is CCC(C)(C)NC(=O)COC(=O)c1ccc2c(c1)C[C@H](c1ccccc1)OC2=O. The number of carbonyl (C=O) groups excluding carboxylic acids is 3. The van der Waals surface area contributed by atoms with Crippen LogP contribution < -0.4 is 5.32 Å². The van der Waals surface area contributed by atoms with Gasteiger partial charge in [-0.05, 0) is 49.6 Å². The summed E-state index contributed by atoms with van der Waals surface area (Å²) < 4.78 is 10.7. The summed E-state index contributed by atoms with van der Waals surface area (Å²) in [5, 5.41) is 2.82. The minimum atomic E-state index is -0.604. The summed E-state index contributed by atoms with van der Waals surface area (Å²) in [7, 11) is 0. The highest BCUT2D eigenvalue weighted by Crippen LogP contribution is 2.31. The van der Waals surface area contributed by atoms with Crippen LogP contribution in [-0.2, 0) is 20.7 Å². The van der Waals surface area contributed by atoms with Gasteiger partial charge >= 0.3 is 11.9 Å². The van der Waals surface area contributed by atoms with Gasteiger partial charge in [0.05, 0.1) is 11.1 Å². The third-order valence-electron chi connectivity index (χ3n) is 5.08. The number of ether oxygens (including phenoxy) is 2. The van der Waals surface area contributed by atoms with Crippen LogP contribution >= 0.6 is 0 Å². The maximum absolute atomic E-state index is 12.4. The molecule has 1 aliphatic heterocycles. The molecule has 0 spiro atoms. The molecule has 29 heavy (non-hydrogen) atoms. The van der Waals surface area contributed by atoms with E-state index < -0.39 is 18.0 Å². The van der Waals surface area contributed by atoms with Gasteiger partial charge in [0.2, 0.25) is 0 Å². The van der Waals surface area contributed by atoms with Gasteiger partial charge in [-0.25, -0.2) is 9.59 Å². The first-order chi connectivity index (χ1) is 13.8. The van der Waals surface area contributed by atoms with E-state index in [9.17, 15) is 14.4 Å². The van der Waals surface area contributed by atoms with Crippen molar-refractivity contribution in [1.82, 2.24) is 5.32 Å². The zero-order chi connectivity index (χ0) is 21.0. The Kier molecular flexibility index (Phi) is 6.01. The second-order valence-electron chi connectivity index (χ2n) is 7.74. The van der Waals surface area contributed by atoms with Crippen molar-refractivity contribution >= 4 is 17.8 Å². The molecule has 1 atom stereocenters. The van der Waals surface area contributed by atoms with Gasteiger partial charge in [-0.15, -0.1) is 0 Å². The van der Waals surface area contributed by atoms with Gasteiger partial charge in [0.1, 0.15) is 6.10 Å². The van der Waals surface area contributed by atoms with E-state index in [1.807, 2.05) is 51.1 Å². The lowest BCUT2D eigenvalue weighted by molar-refractivity contribution is -0.125. The van der Waals surface area contributed by atoms with Crippen molar-refractivity contribution in [1.29, 1.82) is 0 Å². The number of fused-ring (bicyclic) bond motifs is 1. The smallest absolute Gasteiger partial charge is 0.339 e. The Bertz CT molecular complexity index is 920. The average Bonchev–Trinajstić information content (AvgIpc) is 2.72. The first-order valence-electron chi connectivity index (χ1n) is 9.66. The van der Waals surface area contributed by atoms with Gasteiger partial charge < -0.3 is 14.8 Å².